The van der Waals surface area contributed by atoms with E-state index in [1.54, 1.807) is 0 Å². The van der Waals surface area contributed by atoms with E-state index in [0.29, 0.717) is 0 Å². The van der Waals surface area contributed by atoms with Gasteiger partial charge in [-0.3, -0.25) is 0 Å². The molecule has 1 aromatic heterocycles. The van der Waals surface area contributed by atoms with Gasteiger partial charge >= 0.3 is 0 Å². The lowest BCUT2D eigenvalue weighted by molar-refractivity contribution is 1.41. The summed E-state index contributed by atoms with van der Waals surface area (Å²) in [5, 5.41) is 11.1. The van der Waals surface area contributed by atoms with Crippen molar-refractivity contribution < 1.29 is 0 Å². The van der Waals surface area contributed by atoms with Crippen LogP contribution in [0.4, 0.5) is 0 Å². The Morgan fingerprint density at radius 3 is 1.43 bits per heavy atom. The number of fused-ring (bicyclic) bond motifs is 6. The first-order valence-electron chi connectivity index (χ1n) is 15.1. The maximum absolute atomic E-state index is 5.14. The molecule has 204 valence electrons. The molecule has 0 aliphatic rings. The molecule has 0 amide bonds. The van der Waals surface area contributed by atoms with Crippen LogP contribution in [0.5, 0.6) is 0 Å². The number of hydrogen-bond donors (Lipinski definition) is 0. The first-order chi connectivity index (χ1) is 21.8. The van der Waals surface area contributed by atoms with Crippen LogP contribution in [0.3, 0.4) is 0 Å². The van der Waals surface area contributed by atoms with E-state index >= 15 is 0 Å². The zero-order valence-corrected chi connectivity index (χ0v) is 24.0. The van der Waals surface area contributed by atoms with Gasteiger partial charge in [-0.2, -0.15) is 0 Å². The average molecular weight is 558 g/mol. The van der Waals surface area contributed by atoms with Crippen LogP contribution in [0.2, 0.25) is 0 Å². The third-order valence-electron chi connectivity index (χ3n) is 9.02. The van der Waals surface area contributed by atoms with Crippen LogP contribution in [-0.2, 0) is 0 Å². The zero-order chi connectivity index (χ0) is 29.0. The summed E-state index contributed by atoms with van der Waals surface area (Å²) in [6.07, 6.45) is 0. The molecule has 9 rings (SSSR count). The standard InChI is InChI=1S/C43H27N/c1-2-11-33-27-34(24-17-28(33)9-1)42-38-15-7-5-13-36(38)41(37-14-6-8-16-39(37)42)31-21-19-30(20-22-31)40-26-25-32-23-18-29-10-3-4-12-35(29)43(32)44-40/h1-27H. The highest BCUT2D eigenvalue weighted by Crippen LogP contribution is 2.44. The molecule has 0 spiro atoms. The quantitative estimate of drug-likeness (QED) is 0.155. The van der Waals surface area contributed by atoms with Gasteiger partial charge in [0, 0.05) is 16.3 Å². The second kappa shape index (κ2) is 9.90. The lowest BCUT2D eigenvalue weighted by atomic mass is 9.85. The van der Waals surface area contributed by atoms with Crippen molar-refractivity contribution in [3.05, 3.63) is 164 Å². The molecule has 0 atom stereocenters. The van der Waals surface area contributed by atoms with Gasteiger partial charge in [0.15, 0.2) is 0 Å². The van der Waals surface area contributed by atoms with Crippen LogP contribution in [-0.4, -0.2) is 4.98 Å². The molecule has 1 nitrogen and oxygen atoms in total. The molecule has 1 heterocycles. The smallest absolute Gasteiger partial charge is 0.0787 e. The topological polar surface area (TPSA) is 12.9 Å². The Morgan fingerprint density at radius 1 is 0.295 bits per heavy atom. The van der Waals surface area contributed by atoms with Gasteiger partial charge in [0.2, 0.25) is 0 Å². The van der Waals surface area contributed by atoms with Gasteiger partial charge in [-0.1, -0.05) is 152 Å². The molecule has 0 fully saturated rings. The molecule has 0 saturated carbocycles. The minimum absolute atomic E-state index is 0.988. The van der Waals surface area contributed by atoms with Crippen LogP contribution >= 0.6 is 0 Å². The van der Waals surface area contributed by atoms with E-state index in [1.807, 2.05) is 0 Å². The zero-order valence-electron chi connectivity index (χ0n) is 24.0. The minimum Gasteiger partial charge on any atom is -0.247 e. The number of nitrogens with zero attached hydrogens (tertiary/aromatic N) is 1. The van der Waals surface area contributed by atoms with Crippen LogP contribution in [0.25, 0.3) is 87.5 Å². The van der Waals surface area contributed by atoms with E-state index in [0.717, 1.165) is 22.2 Å². The lowest BCUT2D eigenvalue weighted by Gasteiger charge is -2.18. The summed E-state index contributed by atoms with van der Waals surface area (Å²) in [5.74, 6) is 0. The van der Waals surface area contributed by atoms with Crippen LogP contribution in [0.15, 0.2) is 164 Å². The Kier molecular flexibility index (Phi) is 5.57. The molecule has 0 saturated heterocycles. The number of benzene rings is 8. The molecule has 0 aliphatic heterocycles. The van der Waals surface area contributed by atoms with E-state index in [2.05, 4.69) is 164 Å². The Balaban J connectivity index is 1.22. The van der Waals surface area contributed by atoms with Crippen molar-refractivity contribution >= 4 is 54.0 Å². The second-order valence-corrected chi connectivity index (χ2v) is 11.5. The summed E-state index contributed by atoms with van der Waals surface area (Å²) in [5.41, 5.74) is 8.16. The molecule has 0 N–H and O–H groups in total. The monoisotopic (exact) mass is 557 g/mol. The minimum atomic E-state index is 0.988. The molecule has 0 unspecified atom stereocenters. The Bertz CT molecular complexity index is 2480. The number of rotatable bonds is 3. The first kappa shape index (κ1) is 24.8. The molecular weight excluding hydrogens is 530 g/mol. The molecule has 8 aromatic carbocycles. The number of hydrogen-bond acceptors (Lipinski definition) is 1. The van der Waals surface area contributed by atoms with Crippen molar-refractivity contribution in [2.24, 2.45) is 0 Å². The van der Waals surface area contributed by atoms with Gasteiger partial charge in [-0.05, 0) is 72.1 Å². The summed E-state index contributed by atoms with van der Waals surface area (Å²) >= 11 is 0. The molecule has 0 aliphatic carbocycles. The van der Waals surface area contributed by atoms with E-state index in [9.17, 15) is 0 Å². The van der Waals surface area contributed by atoms with Gasteiger partial charge < -0.3 is 0 Å². The highest BCUT2D eigenvalue weighted by molar-refractivity contribution is 6.21. The van der Waals surface area contributed by atoms with Gasteiger partial charge in [0.25, 0.3) is 0 Å². The van der Waals surface area contributed by atoms with Crippen molar-refractivity contribution in [1.29, 1.82) is 0 Å². The number of aromatic nitrogens is 1. The summed E-state index contributed by atoms with van der Waals surface area (Å²) in [6, 6.07) is 59.2. The van der Waals surface area contributed by atoms with Gasteiger partial charge in [-0.25, -0.2) is 4.98 Å². The maximum Gasteiger partial charge on any atom is 0.0787 e. The van der Waals surface area contributed by atoms with Gasteiger partial charge in [-0.15, -0.1) is 0 Å². The Labute approximate surface area is 255 Å². The fraction of sp³-hybridized carbons (Fsp3) is 0. The van der Waals surface area contributed by atoms with Crippen molar-refractivity contribution in [3.63, 3.8) is 0 Å². The normalized spacial score (nSPS) is 11.6. The van der Waals surface area contributed by atoms with Crippen molar-refractivity contribution in [2.75, 3.05) is 0 Å². The number of pyridine rings is 1. The summed E-state index contributed by atoms with van der Waals surface area (Å²) in [7, 11) is 0. The second-order valence-electron chi connectivity index (χ2n) is 11.5. The average Bonchev–Trinajstić information content (AvgIpc) is 3.10. The Hall–Kier alpha value is -5.79. The molecule has 0 radical (unpaired) electrons. The maximum atomic E-state index is 5.14. The fourth-order valence-corrected chi connectivity index (χ4v) is 6.92. The first-order valence-corrected chi connectivity index (χ1v) is 15.1. The lowest BCUT2D eigenvalue weighted by Crippen LogP contribution is -1.91. The molecule has 1 heteroatoms. The largest absolute Gasteiger partial charge is 0.247 e. The Morgan fingerprint density at radius 2 is 0.750 bits per heavy atom. The summed E-state index contributed by atoms with van der Waals surface area (Å²) in [4.78, 5) is 5.14. The van der Waals surface area contributed by atoms with Crippen LogP contribution in [0.1, 0.15) is 0 Å². The predicted octanol–water partition coefficient (Wildman–Crippen LogP) is 11.8. The summed E-state index contributed by atoms with van der Waals surface area (Å²) in [6.45, 7) is 0. The predicted molar refractivity (Wildman–Crippen MR) is 188 cm³/mol. The fourth-order valence-electron chi connectivity index (χ4n) is 6.92. The van der Waals surface area contributed by atoms with E-state index in [1.165, 1.54) is 65.3 Å². The third-order valence-corrected chi connectivity index (χ3v) is 9.02. The SMILES string of the molecule is c1ccc2cc(-c3c4ccccc4c(-c4ccc(-c5ccc6ccc7ccccc7c6n5)cc4)c4ccccc34)ccc2c1. The van der Waals surface area contributed by atoms with E-state index in [4.69, 9.17) is 4.98 Å². The van der Waals surface area contributed by atoms with E-state index < -0.39 is 0 Å². The van der Waals surface area contributed by atoms with Crippen LogP contribution < -0.4 is 0 Å². The molecule has 0 bridgehead atoms. The van der Waals surface area contributed by atoms with Crippen molar-refractivity contribution in [2.45, 2.75) is 0 Å². The van der Waals surface area contributed by atoms with Crippen molar-refractivity contribution in [3.8, 4) is 33.5 Å². The van der Waals surface area contributed by atoms with E-state index in [-0.39, 0.29) is 0 Å². The van der Waals surface area contributed by atoms with Crippen LogP contribution in [0, 0.1) is 0 Å². The molecule has 9 aromatic rings. The van der Waals surface area contributed by atoms with Gasteiger partial charge in [0.05, 0.1) is 11.2 Å². The molecular formula is C43H27N. The van der Waals surface area contributed by atoms with Gasteiger partial charge in [0.1, 0.15) is 0 Å². The summed E-state index contributed by atoms with van der Waals surface area (Å²) < 4.78 is 0. The molecule has 44 heavy (non-hydrogen) atoms. The highest BCUT2D eigenvalue weighted by atomic mass is 14.7. The third kappa shape index (κ3) is 3.91. The van der Waals surface area contributed by atoms with Crippen molar-refractivity contribution in [1.82, 2.24) is 4.98 Å². The highest BCUT2D eigenvalue weighted by Gasteiger charge is 2.17.